The molecule has 0 radical (unpaired) electrons. The van der Waals surface area contributed by atoms with Crippen molar-refractivity contribution in [2.75, 3.05) is 10.6 Å². The Morgan fingerprint density at radius 2 is 1.62 bits per heavy atom. The number of para-hydroxylation sites is 1. The normalized spacial score (nSPS) is 10.0. The molecule has 21 heavy (non-hydrogen) atoms. The fourth-order valence-electron chi connectivity index (χ4n) is 2.04. The number of carbonyl (C=O) groups is 2. The van der Waals surface area contributed by atoms with Crippen LogP contribution in [0.3, 0.4) is 0 Å². The third-order valence-electron chi connectivity index (χ3n) is 3.07. The molecule has 0 atom stereocenters. The molecule has 2 aromatic carbocycles. The van der Waals surface area contributed by atoms with Crippen molar-refractivity contribution in [2.45, 2.75) is 13.8 Å². The van der Waals surface area contributed by atoms with E-state index < -0.39 is 11.9 Å². The third kappa shape index (κ3) is 3.60. The SMILES string of the molecule is Cc1ccc(NC(=O)Nc2ccccc2C(N)=O)c(C)c1. The summed E-state index contributed by atoms with van der Waals surface area (Å²) in [5.74, 6) is -0.586. The average molecular weight is 283 g/mol. The first kappa shape index (κ1) is 14.6. The van der Waals surface area contributed by atoms with Crippen LogP contribution in [0, 0.1) is 13.8 Å². The molecule has 2 aromatic rings. The molecule has 0 aliphatic heterocycles. The van der Waals surface area contributed by atoms with Crippen LogP contribution in [-0.4, -0.2) is 11.9 Å². The zero-order valence-corrected chi connectivity index (χ0v) is 11.9. The number of nitrogens with one attached hydrogen (secondary N) is 2. The standard InChI is InChI=1S/C16H17N3O2/c1-10-7-8-13(11(2)9-10)18-16(21)19-14-6-4-3-5-12(14)15(17)20/h3-9H,1-2H3,(H2,17,20)(H2,18,19,21). The Bertz CT molecular complexity index is 696. The maximum absolute atomic E-state index is 12.0. The van der Waals surface area contributed by atoms with Crippen molar-refractivity contribution in [3.05, 3.63) is 59.2 Å². The van der Waals surface area contributed by atoms with Crippen molar-refractivity contribution in [2.24, 2.45) is 5.73 Å². The first-order valence-electron chi connectivity index (χ1n) is 6.51. The summed E-state index contributed by atoms with van der Waals surface area (Å²) in [4.78, 5) is 23.3. The van der Waals surface area contributed by atoms with Gasteiger partial charge in [0.15, 0.2) is 0 Å². The smallest absolute Gasteiger partial charge is 0.323 e. The second-order valence-electron chi connectivity index (χ2n) is 4.81. The summed E-state index contributed by atoms with van der Waals surface area (Å²) in [7, 11) is 0. The summed E-state index contributed by atoms with van der Waals surface area (Å²) in [6.07, 6.45) is 0. The number of rotatable bonds is 3. The van der Waals surface area contributed by atoms with Gasteiger partial charge in [-0.2, -0.15) is 0 Å². The summed E-state index contributed by atoms with van der Waals surface area (Å²) < 4.78 is 0. The Morgan fingerprint density at radius 3 is 2.29 bits per heavy atom. The molecule has 0 bridgehead atoms. The number of amides is 3. The summed E-state index contributed by atoms with van der Waals surface area (Å²) in [6.45, 7) is 3.90. The lowest BCUT2D eigenvalue weighted by molar-refractivity contribution is 0.100. The number of hydrogen-bond donors (Lipinski definition) is 3. The Labute approximate surface area is 123 Å². The molecule has 0 fully saturated rings. The molecule has 5 heteroatoms. The number of urea groups is 1. The van der Waals surface area contributed by atoms with E-state index >= 15 is 0 Å². The van der Waals surface area contributed by atoms with Gasteiger partial charge in [0.1, 0.15) is 0 Å². The first-order valence-corrected chi connectivity index (χ1v) is 6.51. The predicted octanol–water partition coefficient (Wildman–Crippen LogP) is 3.05. The Hall–Kier alpha value is -2.82. The summed E-state index contributed by atoms with van der Waals surface area (Å²) in [5.41, 5.74) is 8.73. The van der Waals surface area contributed by atoms with Crippen LogP contribution in [0.1, 0.15) is 21.5 Å². The average Bonchev–Trinajstić information content (AvgIpc) is 2.42. The van der Waals surface area contributed by atoms with E-state index in [9.17, 15) is 9.59 Å². The molecule has 2 rings (SSSR count). The van der Waals surface area contributed by atoms with Crippen molar-refractivity contribution in [3.8, 4) is 0 Å². The fraction of sp³-hybridized carbons (Fsp3) is 0.125. The lowest BCUT2D eigenvalue weighted by Crippen LogP contribution is -2.22. The quantitative estimate of drug-likeness (QED) is 0.808. The Morgan fingerprint density at radius 1 is 0.952 bits per heavy atom. The van der Waals surface area contributed by atoms with Crippen LogP contribution in [0.5, 0.6) is 0 Å². The number of anilines is 2. The Kier molecular flexibility index (Phi) is 4.23. The maximum Gasteiger partial charge on any atom is 0.323 e. The van der Waals surface area contributed by atoms with E-state index in [2.05, 4.69) is 10.6 Å². The van der Waals surface area contributed by atoms with Crippen LogP contribution in [0.15, 0.2) is 42.5 Å². The van der Waals surface area contributed by atoms with E-state index in [0.29, 0.717) is 5.69 Å². The van der Waals surface area contributed by atoms with Gasteiger partial charge in [-0.3, -0.25) is 4.79 Å². The first-order chi connectivity index (χ1) is 9.97. The van der Waals surface area contributed by atoms with Crippen LogP contribution in [0.2, 0.25) is 0 Å². The lowest BCUT2D eigenvalue weighted by Gasteiger charge is -2.12. The van der Waals surface area contributed by atoms with Gasteiger partial charge in [-0.25, -0.2) is 4.79 Å². The van der Waals surface area contributed by atoms with Gasteiger partial charge < -0.3 is 16.4 Å². The van der Waals surface area contributed by atoms with Gasteiger partial charge in [0.25, 0.3) is 5.91 Å². The van der Waals surface area contributed by atoms with Crippen LogP contribution >= 0.6 is 0 Å². The van der Waals surface area contributed by atoms with Crippen molar-refractivity contribution < 1.29 is 9.59 Å². The van der Waals surface area contributed by atoms with Gasteiger partial charge in [-0.05, 0) is 37.6 Å². The topological polar surface area (TPSA) is 84.2 Å². The molecule has 0 aliphatic carbocycles. The van der Waals surface area contributed by atoms with Crippen LogP contribution < -0.4 is 16.4 Å². The molecular formula is C16H17N3O2. The molecular weight excluding hydrogens is 266 g/mol. The number of aryl methyl sites for hydroxylation is 2. The van der Waals surface area contributed by atoms with E-state index in [1.807, 2.05) is 32.0 Å². The predicted molar refractivity (Wildman–Crippen MR) is 83.5 cm³/mol. The van der Waals surface area contributed by atoms with Gasteiger partial charge in [0, 0.05) is 5.69 Å². The largest absolute Gasteiger partial charge is 0.366 e. The van der Waals surface area contributed by atoms with Crippen molar-refractivity contribution in [1.29, 1.82) is 0 Å². The zero-order valence-electron chi connectivity index (χ0n) is 11.9. The van der Waals surface area contributed by atoms with Crippen LogP contribution in [-0.2, 0) is 0 Å². The summed E-state index contributed by atoms with van der Waals surface area (Å²) >= 11 is 0. The van der Waals surface area contributed by atoms with Crippen molar-refractivity contribution in [3.63, 3.8) is 0 Å². The van der Waals surface area contributed by atoms with Gasteiger partial charge in [-0.15, -0.1) is 0 Å². The molecule has 0 heterocycles. The zero-order chi connectivity index (χ0) is 15.4. The van der Waals surface area contributed by atoms with E-state index in [4.69, 9.17) is 5.73 Å². The molecule has 5 nitrogen and oxygen atoms in total. The number of primary amides is 1. The fourth-order valence-corrected chi connectivity index (χ4v) is 2.04. The molecule has 108 valence electrons. The highest BCUT2D eigenvalue weighted by Crippen LogP contribution is 2.18. The van der Waals surface area contributed by atoms with Gasteiger partial charge in [0.2, 0.25) is 0 Å². The van der Waals surface area contributed by atoms with E-state index in [-0.39, 0.29) is 5.56 Å². The summed E-state index contributed by atoms with van der Waals surface area (Å²) in [5, 5.41) is 5.38. The monoisotopic (exact) mass is 283 g/mol. The molecule has 3 amide bonds. The Balaban J connectivity index is 2.14. The number of carbonyl (C=O) groups excluding carboxylic acids is 2. The van der Waals surface area contributed by atoms with E-state index in [1.165, 1.54) is 0 Å². The van der Waals surface area contributed by atoms with Crippen molar-refractivity contribution in [1.82, 2.24) is 0 Å². The molecule has 0 saturated carbocycles. The number of hydrogen-bond acceptors (Lipinski definition) is 2. The minimum absolute atomic E-state index is 0.272. The minimum atomic E-state index is -0.586. The minimum Gasteiger partial charge on any atom is -0.366 e. The van der Waals surface area contributed by atoms with Gasteiger partial charge in [-0.1, -0.05) is 29.8 Å². The van der Waals surface area contributed by atoms with Gasteiger partial charge in [0.05, 0.1) is 11.3 Å². The summed E-state index contributed by atoms with van der Waals surface area (Å²) in [6, 6.07) is 11.9. The number of benzene rings is 2. The van der Waals surface area contributed by atoms with Crippen molar-refractivity contribution >= 4 is 23.3 Å². The molecule has 0 aliphatic rings. The highest BCUT2D eigenvalue weighted by atomic mass is 16.2. The number of nitrogens with two attached hydrogens (primary N) is 1. The lowest BCUT2D eigenvalue weighted by atomic mass is 10.1. The van der Waals surface area contributed by atoms with E-state index in [0.717, 1.165) is 16.8 Å². The molecule has 0 saturated heterocycles. The van der Waals surface area contributed by atoms with Crippen LogP contribution in [0.25, 0.3) is 0 Å². The highest BCUT2D eigenvalue weighted by molar-refractivity contribution is 6.06. The molecule has 0 aromatic heterocycles. The molecule has 0 spiro atoms. The third-order valence-corrected chi connectivity index (χ3v) is 3.07. The van der Waals surface area contributed by atoms with Crippen LogP contribution in [0.4, 0.5) is 16.2 Å². The molecule has 0 unspecified atom stereocenters. The second-order valence-corrected chi connectivity index (χ2v) is 4.81. The maximum atomic E-state index is 12.0. The molecule has 4 N–H and O–H groups in total. The highest BCUT2D eigenvalue weighted by Gasteiger charge is 2.10. The second kappa shape index (κ2) is 6.09. The van der Waals surface area contributed by atoms with Gasteiger partial charge >= 0.3 is 6.03 Å². The van der Waals surface area contributed by atoms with E-state index in [1.54, 1.807) is 24.3 Å².